The predicted molar refractivity (Wildman–Crippen MR) is 242 cm³/mol. The molecule has 0 unspecified atom stereocenters. The molecule has 0 spiro atoms. The Kier molecular flexibility index (Phi) is 12.7. The predicted octanol–water partition coefficient (Wildman–Crippen LogP) is 11.0. The van der Waals surface area contributed by atoms with Crippen LogP contribution < -0.4 is 31.9 Å². The normalized spacial score (nSPS) is 11.0. The summed E-state index contributed by atoms with van der Waals surface area (Å²) >= 11 is 0. The number of rotatable bonds is 15. The van der Waals surface area contributed by atoms with Crippen molar-refractivity contribution in [2.45, 2.75) is 95.9 Å². The largest absolute Gasteiger partial charge is 0.354 e. The zero-order valence-electron chi connectivity index (χ0n) is 36.1. The molecule has 6 N–H and O–H groups in total. The molecule has 0 saturated carbocycles. The monoisotopic (exact) mass is 778 g/mol. The van der Waals surface area contributed by atoms with E-state index in [4.69, 9.17) is 29.9 Å². The smallest absolute Gasteiger partial charge is 0.233 e. The number of hydrogen-bond acceptors (Lipinski definition) is 12. The third-order valence-electron chi connectivity index (χ3n) is 10.1. The van der Waals surface area contributed by atoms with Gasteiger partial charge in [-0.15, -0.1) is 0 Å². The van der Waals surface area contributed by atoms with Crippen molar-refractivity contribution in [2.24, 2.45) is 0 Å². The van der Waals surface area contributed by atoms with Gasteiger partial charge in [-0.05, 0) is 140 Å². The Bertz CT molecular complexity index is 2040. The second-order valence-electron chi connectivity index (χ2n) is 15.8. The molecule has 302 valence electrons. The van der Waals surface area contributed by atoms with Crippen molar-refractivity contribution in [1.82, 2.24) is 29.9 Å². The van der Waals surface area contributed by atoms with E-state index >= 15 is 0 Å². The van der Waals surface area contributed by atoms with Crippen LogP contribution in [0.1, 0.15) is 79.6 Å². The van der Waals surface area contributed by atoms with Crippen LogP contribution in [0.3, 0.4) is 0 Å². The average Bonchev–Trinajstić information content (AvgIpc) is 3.12. The molecule has 6 aromatic rings. The summed E-state index contributed by atoms with van der Waals surface area (Å²) in [5.41, 5.74) is 17.9. The molecule has 0 bridgehead atoms. The summed E-state index contributed by atoms with van der Waals surface area (Å²) in [6, 6.07) is 17.3. The fourth-order valence-corrected chi connectivity index (χ4v) is 7.74. The second kappa shape index (κ2) is 17.9. The Morgan fingerprint density at radius 2 is 0.483 bits per heavy atom. The van der Waals surface area contributed by atoms with E-state index in [1.165, 1.54) is 22.3 Å². The standard InChI is InChI=1S/C46H58N12/c1-25-17-29(5)37(30(6)18-25)49-43-53-41(54-44(57-43)50-38-31(7)19-26(2)20-32(38)8)47-15-13-14-16-48-42-55-45(51-39-33(9)21-27(3)22-34(39)10)58-46(56-42)52-40-35(11)23-28(4)24-36(40)12/h17-24H,13-16H2,1-12H3,(H3,47,49,50,53,54,57)(H3,48,51,52,55,56,58). The zero-order valence-corrected chi connectivity index (χ0v) is 36.1. The Hall–Kier alpha value is -6.30. The van der Waals surface area contributed by atoms with Crippen LogP contribution >= 0.6 is 0 Å². The van der Waals surface area contributed by atoms with Crippen LogP contribution in [0.5, 0.6) is 0 Å². The van der Waals surface area contributed by atoms with Crippen molar-refractivity contribution in [3.63, 3.8) is 0 Å². The SMILES string of the molecule is Cc1cc(C)c(Nc2nc(NCCCCNc3nc(Nc4c(C)cc(C)cc4C)nc(Nc4c(C)cc(C)cc4C)n3)nc(Nc3c(C)cc(C)cc3C)n2)c(C)c1. The first-order chi connectivity index (χ1) is 27.6. The lowest BCUT2D eigenvalue weighted by Crippen LogP contribution is -2.14. The zero-order chi connectivity index (χ0) is 41.7. The molecule has 12 heteroatoms. The third-order valence-corrected chi connectivity index (χ3v) is 10.1. The maximum atomic E-state index is 4.79. The number of anilines is 10. The van der Waals surface area contributed by atoms with Gasteiger partial charge >= 0.3 is 0 Å². The highest BCUT2D eigenvalue weighted by Crippen LogP contribution is 2.30. The van der Waals surface area contributed by atoms with Crippen molar-refractivity contribution in [2.75, 3.05) is 45.0 Å². The van der Waals surface area contributed by atoms with Crippen molar-refractivity contribution in [3.05, 3.63) is 115 Å². The molecule has 58 heavy (non-hydrogen) atoms. The molecule has 0 radical (unpaired) electrons. The minimum absolute atomic E-state index is 0.467. The van der Waals surface area contributed by atoms with E-state index in [0.29, 0.717) is 48.8 Å². The second-order valence-corrected chi connectivity index (χ2v) is 15.8. The van der Waals surface area contributed by atoms with Gasteiger partial charge in [-0.1, -0.05) is 70.8 Å². The van der Waals surface area contributed by atoms with E-state index in [9.17, 15) is 0 Å². The summed E-state index contributed by atoms with van der Waals surface area (Å²) in [5.74, 6) is 2.85. The molecular weight excluding hydrogens is 721 g/mol. The molecule has 0 atom stereocenters. The van der Waals surface area contributed by atoms with E-state index in [0.717, 1.165) is 80.1 Å². The number of nitrogens with zero attached hydrogens (tertiary/aromatic N) is 6. The molecule has 0 aliphatic rings. The molecule has 2 heterocycles. The molecule has 4 aromatic carbocycles. The number of aromatic nitrogens is 6. The topological polar surface area (TPSA) is 150 Å². The van der Waals surface area contributed by atoms with Gasteiger partial charge in [-0.3, -0.25) is 0 Å². The molecule has 0 fully saturated rings. The first-order valence-corrected chi connectivity index (χ1v) is 20.0. The van der Waals surface area contributed by atoms with Crippen LogP contribution in [-0.2, 0) is 0 Å². The lowest BCUT2D eigenvalue weighted by Gasteiger charge is -2.17. The lowest BCUT2D eigenvalue weighted by atomic mass is 10.1. The molecule has 0 aliphatic heterocycles. The lowest BCUT2D eigenvalue weighted by molar-refractivity contribution is 0.784. The van der Waals surface area contributed by atoms with Crippen LogP contribution in [0.25, 0.3) is 0 Å². The summed E-state index contributed by atoms with van der Waals surface area (Å²) in [4.78, 5) is 28.7. The van der Waals surface area contributed by atoms with Gasteiger partial charge in [0.05, 0.1) is 0 Å². The first-order valence-electron chi connectivity index (χ1n) is 20.0. The number of benzene rings is 4. The third kappa shape index (κ3) is 10.4. The van der Waals surface area contributed by atoms with Gasteiger partial charge in [0.25, 0.3) is 0 Å². The van der Waals surface area contributed by atoms with E-state index < -0.39 is 0 Å². The Morgan fingerprint density at radius 3 is 0.690 bits per heavy atom. The van der Waals surface area contributed by atoms with Crippen molar-refractivity contribution >= 4 is 58.4 Å². The average molecular weight is 779 g/mol. The van der Waals surface area contributed by atoms with Crippen LogP contribution in [0.15, 0.2) is 48.5 Å². The van der Waals surface area contributed by atoms with Crippen LogP contribution in [0, 0.1) is 83.1 Å². The molecule has 0 saturated heterocycles. The maximum Gasteiger partial charge on any atom is 0.233 e. The minimum atomic E-state index is 0.467. The van der Waals surface area contributed by atoms with Crippen LogP contribution in [0.4, 0.5) is 58.4 Å². The number of unbranched alkanes of at least 4 members (excludes halogenated alkanes) is 1. The highest BCUT2D eigenvalue weighted by Gasteiger charge is 2.15. The van der Waals surface area contributed by atoms with Gasteiger partial charge in [0, 0.05) is 35.8 Å². The van der Waals surface area contributed by atoms with E-state index in [2.05, 4.69) is 164 Å². The molecular formula is C46H58N12. The highest BCUT2D eigenvalue weighted by atomic mass is 15.3. The van der Waals surface area contributed by atoms with Crippen molar-refractivity contribution in [3.8, 4) is 0 Å². The molecule has 2 aromatic heterocycles. The molecule has 12 nitrogen and oxygen atoms in total. The van der Waals surface area contributed by atoms with Gasteiger partial charge in [0.15, 0.2) is 0 Å². The number of nitrogens with one attached hydrogen (secondary N) is 6. The first kappa shape index (κ1) is 41.3. The molecule has 6 rings (SSSR count). The molecule has 0 amide bonds. The summed E-state index contributed by atoms with van der Waals surface area (Å²) in [6.07, 6.45) is 1.70. The van der Waals surface area contributed by atoms with E-state index in [1.807, 2.05) is 0 Å². The van der Waals surface area contributed by atoms with Crippen LogP contribution in [-0.4, -0.2) is 43.0 Å². The molecule has 0 aliphatic carbocycles. The Balaban J connectivity index is 1.16. The van der Waals surface area contributed by atoms with Crippen molar-refractivity contribution in [1.29, 1.82) is 0 Å². The van der Waals surface area contributed by atoms with Gasteiger partial charge < -0.3 is 31.9 Å². The summed E-state index contributed by atoms with van der Waals surface area (Å²) in [7, 11) is 0. The fourth-order valence-electron chi connectivity index (χ4n) is 7.74. The van der Waals surface area contributed by atoms with Gasteiger partial charge in [0.2, 0.25) is 35.7 Å². The summed E-state index contributed by atoms with van der Waals surface area (Å²) in [5, 5.41) is 20.8. The van der Waals surface area contributed by atoms with Gasteiger partial charge in [0.1, 0.15) is 0 Å². The quantitative estimate of drug-likeness (QED) is 0.0551. The van der Waals surface area contributed by atoms with Gasteiger partial charge in [-0.2, -0.15) is 29.9 Å². The van der Waals surface area contributed by atoms with Crippen molar-refractivity contribution < 1.29 is 0 Å². The number of aryl methyl sites for hydroxylation is 12. The summed E-state index contributed by atoms with van der Waals surface area (Å²) < 4.78 is 0. The fraction of sp³-hybridized carbons (Fsp3) is 0.348. The minimum Gasteiger partial charge on any atom is -0.354 e. The maximum absolute atomic E-state index is 4.79. The highest BCUT2D eigenvalue weighted by molar-refractivity contribution is 5.69. The van der Waals surface area contributed by atoms with Gasteiger partial charge in [-0.25, -0.2) is 0 Å². The Morgan fingerprint density at radius 1 is 0.293 bits per heavy atom. The Labute approximate surface area is 343 Å². The number of hydrogen-bond donors (Lipinski definition) is 6. The van der Waals surface area contributed by atoms with E-state index in [1.54, 1.807) is 0 Å². The van der Waals surface area contributed by atoms with E-state index in [-0.39, 0.29) is 0 Å². The summed E-state index contributed by atoms with van der Waals surface area (Å²) in [6.45, 7) is 26.5. The van der Waals surface area contributed by atoms with Crippen LogP contribution in [0.2, 0.25) is 0 Å².